The molecule has 0 saturated heterocycles. The molecule has 0 N–H and O–H groups in total. The van der Waals surface area contributed by atoms with Gasteiger partial charge in [0.05, 0.1) is 0 Å². The predicted octanol–water partition coefficient (Wildman–Crippen LogP) is 15.5. The highest BCUT2D eigenvalue weighted by Gasteiger charge is 2.19. The first-order valence-electron chi connectivity index (χ1n) is 24.0. The maximum absolute atomic E-state index is 12.7. The van der Waals surface area contributed by atoms with Crippen molar-refractivity contribution in [3.63, 3.8) is 0 Å². The van der Waals surface area contributed by atoms with Crippen molar-refractivity contribution in [3.05, 3.63) is 72.9 Å². The average Bonchev–Trinajstić information content (AvgIpc) is 3.22. The molecule has 0 fully saturated rings. The van der Waals surface area contributed by atoms with E-state index in [4.69, 9.17) is 14.2 Å². The summed E-state index contributed by atoms with van der Waals surface area (Å²) in [6.07, 6.45) is 57.4. The molecule has 0 aliphatic carbocycles. The lowest BCUT2D eigenvalue weighted by molar-refractivity contribution is -0.167. The summed E-state index contributed by atoms with van der Waals surface area (Å²) in [5, 5.41) is 0. The van der Waals surface area contributed by atoms with Crippen LogP contribution in [0.5, 0.6) is 0 Å². The minimum absolute atomic E-state index is 0.0903. The van der Waals surface area contributed by atoms with Gasteiger partial charge in [-0.3, -0.25) is 14.4 Å². The molecule has 0 rings (SSSR count). The minimum Gasteiger partial charge on any atom is -0.462 e. The van der Waals surface area contributed by atoms with Crippen LogP contribution in [0.4, 0.5) is 0 Å². The van der Waals surface area contributed by atoms with E-state index in [1.54, 1.807) is 0 Å². The molecule has 0 saturated carbocycles. The van der Waals surface area contributed by atoms with Crippen molar-refractivity contribution in [1.29, 1.82) is 0 Å². The topological polar surface area (TPSA) is 78.9 Å². The predicted molar refractivity (Wildman–Crippen MR) is 247 cm³/mol. The van der Waals surface area contributed by atoms with E-state index in [9.17, 15) is 14.4 Å². The van der Waals surface area contributed by atoms with Crippen LogP contribution in [0, 0.1) is 0 Å². The van der Waals surface area contributed by atoms with Crippen molar-refractivity contribution in [2.75, 3.05) is 13.2 Å². The molecule has 332 valence electrons. The van der Waals surface area contributed by atoms with Crippen LogP contribution in [0.2, 0.25) is 0 Å². The number of unbranched alkanes of at least 4 members (excludes halogenated alkanes) is 23. The molecule has 58 heavy (non-hydrogen) atoms. The molecule has 0 amide bonds. The molecule has 0 aromatic carbocycles. The summed E-state index contributed by atoms with van der Waals surface area (Å²) >= 11 is 0. The third-order valence-electron chi connectivity index (χ3n) is 10.1. The summed E-state index contributed by atoms with van der Waals surface area (Å²) in [5.74, 6) is -0.937. The Bertz CT molecular complexity index is 1110. The fourth-order valence-electron chi connectivity index (χ4n) is 6.44. The molecule has 0 aliphatic heterocycles. The molecule has 0 heterocycles. The van der Waals surface area contributed by atoms with E-state index in [0.29, 0.717) is 19.3 Å². The molecule has 0 aromatic rings. The van der Waals surface area contributed by atoms with Gasteiger partial charge in [0, 0.05) is 19.3 Å². The maximum atomic E-state index is 12.7. The van der Waals surface area contributed by atoms with Gasteiger partial charge in [-0.15, -0.1) is 0 Å². The van der Waals surface area contributed by atoms with Crippen LogP contribution in [-0.2, 0) is 28.6 Å². The first-order chi connectivity index (χ1) is 28.5. The zero-order valence-electron chi connectivity index (χ0n) is 37.8. The summed E-state index contributed by atoms with van der Waals surface area (Å²) in [6, 6.07) is 0. The monoisotopic (exact) mass is 809 g/mol. The Morgan fingerprint density at radius 1 is 0.362 bits per heavy atom. The summed E-state index contributed by atoms with van der Waals surface area (Å²) in [7, 11) is 0. The lowest BCUT2D eigenvalue weighted by Gasteiger charge is -2.18. The second-order valence-corrected chi connectivity index (χ2v) is 15.8. The minimum atomic E-state index is -0.791. The van der Waals surface area contributed by atoms with Gasteiger partial charge in [0.15, 0.2) is 6.10 Å². The number of carbonyl (C=O) groups is 3. The van der Waals surface area contributed by atoms with Gasteiger partial charge < -0.3 is 14.2 Å². The Kier molecular flexibility index (Phi) is 44.0. The van der Waals surface area contributed by atoms with Gasteiger partial charge in [-0.1, -0.05) is 209 Å². The van der Waals surface area contributed by atoms with E-state index in [2.05, 4.69) is 93.7 Å². The lowest BCUT2D eigenvalue weighted by atomic mass is 10.1. The van der Waals surface area contributed by atoms with Crippen molar-refractivity contribution in [3.8, 4) is 0 Å². The number of carbonyl (C=O) groups excluding carboxylic acids is 3. The van der Waals surface area contributed by atoms with E-state index in [-0.39, 0.29) is 31.1 Å². The van der Waals surface area contributed by atoms with Crippen LogP contribution in [-0.4, -0.2) is 37.2 Å². The molecule has 6 nitrogen and oxygen atoms in total. The fourth-order valence-corrected chi connectivity index (χ4v) is 6.44. The third-order valence-corrected chi connectivity index (χ3v) is 10.1. The summed E-state index contributed by atoms with van der Waals surface area (Å²) in [5.41, 5.74) is 0. The van der Waals surface area contributed by atoms with Gasteiger partial charge in [-0.25, -0.2) is 0 Å². The number of hydrogen-bond acceptors (Lipinski definition) is 6. The standard InChI is InChI=1S/C52H88O6/c1-4-7-10-13-16-19-21-23-24-25-26-27-29-30-33-36-39-42-45-51(54)57-48-49(47-56-50(53)44-41-38-35-32-18-15-12-9-6-3)58-52(55)46-43-40-37-34-31-28-22-20-17-14-11-8-5-2/h8,11,14,17,20-27,49H,4-7,9-10,12-13,15-16,18-19,28-48H2,1-3H3/b11-8-,17-14-,22-20-,23-21-,25-24-,27-26-. The highest BCUT2D eigenvalue weighted by atomic mass is 16.6. The van der Waals surface area contributed by atoms with Crippen LogP contribution >= 0.6 is 0 Å². The van der Waals surface area contributed by atoms with E-state index in [0.717, 1.165) is 103 Å². The number of rotatable bonds is 42. The van der Waals surface area contributed by atoms with Crippen molar-refractivity contribution in [2.24, 2.45) is 0 Å². The highest BCUT2D eigenvalue weighted by Crippen LogP contribution is 2.13. The van der Waals surface area contributed by atoms with Crippen molar-refractivity contribution < 1.29 is 28.6 Å². The normalized spacial score (nSPS) is 12.7. The molecule has 0 aliphatic rings. The van der Waals surface area contributed by atoms with Crippen LogP contribution in [0.25, 0.3) is 0 Å². The summed E-state index contributed by atoms with van der Waals surface area (Å²) in [6.45, 7) is 6.42. The van der Waals surface area contributed by atoms with Gasteiger partial charge in [0.2, 0.25) is 0 Å². The van der Waals surface area contributed by atoms with E-state index >= 15 is 0 Å². The third kappa shape index (κ3) is 44.0. The maximum Gasteiger partial charge on any atom is 0.306 e. The summed E-state index contributed by atoms with van der Waals surface area (Å²) in [4.78, 5) is 37.8. The number of ether oxygens (including phenoxy) is 3. The van der Waals surface area contributed by atoms with Gasteiger partial charge in [0.25, 0.3) is 0 Å². The molecular weight excluding hydrogens is 721 g/mol. The van der Waals surface area contributed by atoms with E-state index < -0.39 is 6.10 Å². The first-order valence-corrected chi connectivity index (χ1v) is 24.0. The molecular formula is C52H88O6. The van der Waals surface area contributed by atoms with Crippen LogP contribution in [0.1, 0.15) is 220 Å². The van der Waals surface area contributed by atoms with Crippen molar-refractivity contribution in [2.45, 2.75) is 226 Å². The molecule has 1 unspecified atom stereocenters. The van der Waals surface area contributed by atoms with Crippen LogP contribution in [0.3, 0.4) is 0 Å². The van der Waals surface area contributed by atoms with Gasteiger partial charge in [0.1, 0.15) is 13.2 Å². The molecule has 0 aromatic heterocycles. The van der Waals surface area contributed by atoms with Gasteiger partial charge >= 0.3 is 17.9 Å². The average molecular weight is 809 g/mol. The van der Waals surface area contributed by atoms with Crippen LogP contribution < -0.4 is 0 Å². The smallest absolute Gasteiger partial charge is 0.306 e. The Balaban J connectivity index is 4.40. The Morgan fingerprint density at radius 2 is 0.672 bits per heavy atom. The molecule has 6 heteroatoms. The zero-order valence-corrected chi connectivity index (χ0v) is 37.8. The Morgan fingerprint density at radius 3 is 1.03 bits per heavy atom. The van der Waals surface area contributed by atoms with Gasteiger partial charge in [-0.2, -0.15) is 0 Å². The second-order valence-electron chi connectivity index (χ2n) is 15.8. The fraction of sp³-hybridized carbons (Fsp3) is 0.712. The SMILES string of the molecule is CC\C=C/C=C\C=C/CCCCCCCC(=O)OC(COC(=O)CCCCCCC\C=C/C=C\C=C/CCCCCCC)COC(=O)CCCCCCCCCCC. The van der Waals surface area contributed by atoms with Crippen molar-refractivity contribution in [1.82, 2.24) is 0 Å². The quantitative estimate of drug-likeness (QED) is 0.0264. The first kappa shape index (κ1) is 54.9. The zero-order chi connectivity index (χ0) is 42.3. The Labute approximate surface area is 357 Å². The van der Waals surface area contributed by atoms with E-state index in [1.165, 1.54) is 77.0 Å². The largest absolute Gasteiger partial charge is 0.462 e. The lowest BCUT2D eigenvalue weighted by Crippen LogP contribution is -2.30. The van der Waals surface area contributed by atoms with Crippen molar-refractivity contribution >= 4 is 17.9 Å². The summed E-state index contributed by atoms with van der Waals surface area (Å²) < 4.78 is 16.7. The van der Waals surface area contributed by atoms with E-state index in [1.807, 2.05) is 0 Å². The van der Waals surface area contributed by atoms with Gasteiger partial charge in [-0.05, 0) is 64.2 Å². The molecule has 0 bridgehead atoms. The second kappa shape index (κ2) is 46.5. The molecule has 0 radical (unpaired) electrons. The molecule has 0 spiro atoms. The Hall–Kier alpha value is -3.15. The molecule has 1 atom stereocenters. The number of hydrogen-bond donors (Lipinski definition) is 0. The number of allylic oxidation sites excluding steroid dienone is 12. The highest BCUT2D eigenvalue weighted by molar-refractivity contribution is 5.71. The number of esters is 3. The van der Waals surface area contributed by atoms with Crippen LogP contribution in [0.15, 0.2) is 72.9 Å².